The van der Waals surface area contributed by atoms with Crippen LogP contribution in [0.25, 0.3) is 0 Å². The normalized spacial score (nSPS) is 9.94. The van der Waals surface area contributed by atoms with Gasteiger partial charge in [-0.1, -0.05) is 86.0 Å². The minimum absolute atomic E-state index is 0. The van der Waals surface area contributed by atoms with E-state index in [-0.39, 0.29) is 1.43 Å². The van der Waals surface area contributed by atoms with E-state index in [9.17, 15) is 0 Å². The quantitative estimate of drug-likeness (QED) is 0.658. The highest BCUT2D eigenvalue weighted by molar-refractivity contribution is 6.35. The fourth-order valence-electron chi connectivity index (χ4n) is 1.47. The molecule has 0 saturated carbocycles. The summed E-state index contributed by atoms with van der Waals surface area (Å²) in [5.41, 5.74) is 1.32. The maximum atomic E-state index is 2.33. The summed E-state index contributed by atoms with van der Waals surface area (Å²) in [7, 11) is 0. The lowest BCUT2D eigenvalue weighted by Gasteiger charge is -2.03. The molecule has 0 spiro atoms. The molecular formula is C15H29Al. The zero-order chi connectivity index (χ0) is 12.4. The molecule has 0 aromatic heterocycles. The van der Waals surface area contributed by atoms with E-state index < -0.39 is 0 Å². The Morgan fingerprint density at radius 2 is 1.38 bits per heavy atom. The van der Waals surface area contributed by atoms with Crippen LogP contribution in [0.15, 0.2) is 30.3 Å². The molecule has 1 rings (SSSR count). The second kappa shape index (κ2) is 9.94. The Balaban J connectivity index is 0. The van der Waals surface area contributed by atoms with Gasteiger partial charge in [0.2, 0.25) is 15.2 Å². The predicted molar refractivity (Wildman–Crippen MR) is 79.7 cm³/mol. The lowest BCUT2D eigenvalue weighted by Crippen LogP contribution is -1.99. The molecule has 0 unspecified atom stereocenters. The molecule has 1 heteroatoms. The van der Waals surface area contributed by atoms with E-state index >= 15 is 0 Å². The molecule has 0 amide bonds. The van der Waals surface area contributed by atoms with Crippen molar-refractivity contribution < 1.29 is 1.43 Å². The van der Waals surface area contributed by atoms with E-state index in [0.29, 0.717) is 15.2 Å². The van der Waals surface area contributed by atoms with E-state index in [1.54, 1.807) is 0 Å². The van der Waals surface area contributed by atoms with Gasteiger partial charge >= 0.3 is 0 Å². The maximum Gasteiger partial charge on any atom is 0.237 e. The van der Waals surface area contributed by atoms with Crippen molar-refractivity contribution in [3.63, 3.8) is 0 Å². The van der Waals surface area contributed by atoms with E-state index in [1.165, 1.54) is 16.1 Å². The molecule has 0 fully saturated rings. The van der Waals surface area contributed by atoms with Crippen LogP contribution in [0.5, 0.6) is 0 Å². The van der Waals surface area contributed by atoms with E-state index in [1.807, 2.05) is 18.2 Å². The van der Waals surface area contributed by atoms with Gasteiger partial charge in [-0.25, -0.2) is 0 Å². The average Bonchev–Trinajstić information content (AvgIpc) is 2.18. The molecule has 0 heterocycles. The summed E-state index contributed by atoms with van der Waals surface area (Å²) in [5, 5.41) is 3.08. The van der Waals surface area contributed by atoms with Gasteiger partial charge in [0.05, 0.1) is 0 Å². The average molecular weight is 236 g/mol. The predicted octanol–water partition coefficient (Wildman–Crippen LogP) is 4.81. The molecule has 0 nitrogen and oxygen atoms in total. The highest BCUT2D eigenvalue weighted by atomic mass is 27.1. The molecule has 0 aliphatic carbocycles. The minimum Gasteiger partial charge on any atom is -0.0950 e. The minimum atomic E-state index is 0. The Labute approximate surface area is 110 Å². The Bertz CT molecular complexity index is 236. The molecule has 92 valence electrons. The molecular weight excluding hydrogens is 207 g/mol. The van der Waals surface area contributed by atoms with E-state index in [4.69, 9.17) is 0 Å². The van der Waals surface area contributed by atoms with Crippen molar-refractivity contribution in [2.24, 2.45) is 11.8 Å². The Kier molecular flexibility index (Phi) is 9.79. The SMILES string of the molecule is CC(C)[CH2][AlH][CH2]C(C)C.Cc1ccccc1.[HH]. The molecule has 0 aliphatic rings. The number of hydrogen-bond acceptors (Lipinski definition) is 0. The van der Waals surface area contributed by atoms with Gasteiger partial charge in [0.25, 0.3) is 0 Å². The first-order valence-electron chi connectivity index (χ1n) is 6.54. The molecule has 0 aliphatic heterocycles. The maximum absolute atomic E-state index is 2.33. The fraction of sp³-hybridized carbons (Fsp3) is 0.600. The highest BCUT2D eigenvalue weighted by Gasteiger charge is 1.99. The van der Waals surface area contributed by atoms with Gasteiger partial charge in [-0.15, -0.1) is 0 Å². The molecule has 0 bridgehead atoms. The molecule has 0 saturated heterocycles. The van der Waals surface area contributed by atoms with Crippen molar-refractivity contribution in [2.75, 3.05) is 0 Å². The number of benzene rings is 1. The Morgan fingerprint density at radius 1 is 0.938 bits per heavy atom. The van der Waals surface area contributed by atoms with Gasteiger partial charge in [-0.05, 0) is 6.92 Å². The lowest BCUT2D eigenvalue weighted by atomic mass is 10.2. The fourth-order valence-corrected chi connectivity index (χ4v) is 3.34. The summed E-state index contributed by atoms with van der Waals surface area (Å²) in [6, 6.07) is 10.3. The van der Waals surface area contributed by atoms with Gasteiger partial charge in [0, 0.05) is 1.43 Å². The van der Waals surface area contributed by atoms with Crippen LogP contribution in [0.1, 0.15) is 34.7 Å². The monoisotopic (exact) mass is 236 g/mol. The topological polar surface area (TPSA) is 0 Å². The third kappa shape index (κ3) is 11.8. The van der Waals surface area contributed by atoms with Crippen molar-refractivity contribution in [1.82, 2.24) is 0 Å². The third-order valence-corrected chi connectivity index (χ3v) is 5.63. The summed E-state index contributed by atoms with van der Waals surface area (Å²) in [5.74, 6) is 1.91. The molecule has 0 N–H and O–H groups in total. The summed E-state index contributed by atoms with van der Waals surface area (Å²) >= 11 is 0.316. The van der Waals surface area contributed by atoms with Crippen LogP contribution in [-0.4, -0.2) is 15.2 Å². The Hall–Kier alpha value is -0.248. The van der Waals surface area contributed by atoms with Gasteiger partial charge < -0.3 is 0 Å². The van der Waals surface area contributed by atoms with Crippen molar-refractivity contribution in [3.05, 3.63) is 35.9 Å². The van der Waals surface area contributed by atoms with Crippen molar-refractivity contribution in [2.45, 2.75) is 45.2 Å². The Morgan fingerprint density at radius 3 is 1.62 bits per heavy atom. The van der Waals surface area contributed by atoms with Gasteiger partial charge in [-0.3, -0.25) is 0 Å². The first-order chi connectivity index (χ1) is 7.52. The van der Waals surface area contributed by atoms with Crippen LogP contribution in [0.3, 0.4) is 0 Å². The van der Waals surface area contributed by atoms with Crippen molar-refractivity contribution in [1.29, 1.82) is 0 Å². The van der Waals surface area contributed by atoms with Crippen LogP contribution >= 0.6 is 0 Å². The number of aryl methyl sites for hydroxylation is 1. The van der Waals surface area contributed by atoms with Crippen LogP contribution in [-0.2, 0) is 0 Å². The zero-order valence-electron chi connectivity index (χ0n) is 11.7. The van der Waals surface area contributed by atoms with Gasteiger partial charge in [0.15, 0.2) is 0 Å². The summed E-state index contributed by atoms with van der Waals surface area (Å²) in [6.07, 6.45) is 0. The van der Waals surface area contributed by atoms with Crippen molar-refractivity contribution >= 4 is 15.2 Å². The van der Waals surface area contributed by atoms with Crippen molar-refractivity contribution in [3.8, 4) is 0 Å². The molecule has 0 atom stereocenters. The van der Waals surface area contributed by atoms with Crippen LogP contribution in [0.2, 0.25) is 10.6 Å². The molecule has 16 heavy (non-hydrogen) atoms. The molecule has 1 aromatic carbocycles. The smallest absolute Gasteiger partial charge is 0.0950 e. The van der Waals surface area contributed by atoms with E-state index in [0.717, 1.165) is 11.8 Å². The first-order valence-corrected chi connectivity index (χ1v) is 8.54. The highest BCUT2D eigenvalue weighted by Crippen LogP contribution is 2.05. The van der Waals surface area contributed by atoms with E-state index in [2.05, 4.69) is 46.8 Å². The second-order valence-corrected chi connectivity index (χ2v) is 7.24. The summed E-state index contributed by atoms with van der Waals surface area (Å²) in [6.45, 7) is 11.4. The zero-order valence-corrected chi connectivity index (χ0v) is 13.1. The van der Waals surface area contributed by atoms with Crippen LogP contribution in [0, 0.1) is 18.8 Å². The van der Waals surface area contributed by atoms with Crippen LogP contribution < -0.4 is 0 Å². The lowest BCUT2D eigenvalue weighted by molar-refractivity contribution is 0.700. The molecule has 1 aromatic rings. The van der Waals surface area contributed by atoms with Crippen LogP contribution in [0.4, 0.5) is 0 Å². The second-order valence-electron chi connectivity index (χ2n) is 5.37. The molecule has 0 radical (unpaired) electrons. The van der Waals surface area contributed by atoms with Gasteiger partial charge in [-0.2, -0.15) is 0 Å². The third-order valence-electron chi connectivity index (χ3n) is 2.50. The van der Waals surface area contributed by atoms with Gasteiger partial charge in [0.1, 0.15) is 0 Å². The largest absolute Gasteiger partial charge is 0.237 e. The summed E-state index contributed by atoms with van der Waals surface area (Å²) in [4.78, 5) is 0. The standard InChI is InChI=1S/C7H8.2C4H9.Al.H2.H/c1-7-5-3-2-4-6-7;2*1-4(2)3;;;/h2-6H,1H3;2*4H,1H2,2-3H3;;1H;. The first kappa shape index (κ1) is 15.8. The number of rotatable bonds is 4. The number of hydrogen-bond donors (Lipinski definition) is 0. The summed E-state index contributed by atoms with van der Waals surface area (Å²) < 4.78 is 0.